The van der Waals surface area contributed by atoms with Crippen LogP contribution in [0.25, 0.3) is 16.7 Å². The number of hydrogen-bond acceptors (Lipinski definition) is 9. The molecule has 4 aromatic rings. The predicted octanol–water partition coefficient (Wildman–Crippen LogP) is -2.02. The third kappa shape index (κ3) is 6.01. The number of pyridine rings is 1. The minimum absolute atomic E-state index is 0.0564. The van der Waals surface area contributed by atoms with E-state index in [0.29, 0.717) is 11.4 Å². The molecule has 1 aromatic carbocycles. The number of aromatic nitrogens is 5. The number of carbonyl (C=O) groups is 3. The molecule has 1 saturated heterocycles. The van der Waals surface area contributed by atoms with Gasteiger partial charge in [-0.25, -0.2) is 0 Å². The van der Waals surface area contributed by atoms with E-state index in [1.54, 1.807) is 36.1 Å². The zero-order valence-corrected chi connectivity index (χ0v) is 24.8. The van der Waals surface area contributed by atoms with Gasteiger partial charge in [0.25, 0.3) is 0 Å². The molecule has 3 aromatic heterocycles. The number of ketones is 1. The minimum atomic E-state index is -4.85. The summed E-state index contributed by atoms with van der Waals surface area (Å²) >= 11 is -1.89. The number of amides is 2. The van der Waals surface area contributed by atoms with E-state index in [1.807, 2.05) is 6.07 Å². The van der Waals surface area contributed by atoms with Crippen LogP contribution < -0.4 is 26.6 Å². The van der Waals surface area contributed by atoms with Crippen LogP contribution in [0.5, 0.6) is 5.75 Å². The quantitative estimate of drug-likeness (QED) is 0.0898. The van der Waals surface area contributed by atoms with Gasteiger partial charge in [0.2, 0.25) is 0 Å². The van der Waals surface area contributed by atoms with Crippen molar-refractivity contribution in [2.24, 2.45) is 0 Å². The van der Waals surface area contributed by atoms with E-state index in [2.05, 4.69) is 15.1 Å². The molecule has 4 heterocycles. The summed E-state index contributed by atoms with van der Waals surface area (Å²) in [6.45, 7) is 2.47. The number of ether oxygens (including phenoxy) is 1. The molecule has 0 saturated carbocycles. The summed E-state index contributed by atoms with van der Waals surface area (Å²) in [5, 5.41) is 4.46. The first-order valence-electron chi connectivity index (χ1n) is 12.1. The zero-order chi connectivity index (χ0) is 29.3. The van der Waals surface area contributed by atoms with Crippen LogP contribution in [0.2, 0.25) is 0 Å². The van der Waals surface area contributed by atoms with Crippen LogP contribution in [0.15, 0.2) is 49.1 Å². The van der Waals surface area contributed by atoms with Crippen molar-refractivity contribution < 1.29 is 58.2 Å². The van der Waals surface area contributed by atoms with Gasteiger partial charge >= 0.3 is 226 Å². The number of phosphoric acid groups is 1. The number of Topliss-reactive ketones (excluding diaryl/α,β-unsaturated/α-hetero) is 1. The van der Waals surface area contributed by atoms with E-state index < -0.39 is 41.4 Å². The standard InChI is InChI=1S/C24H24IN7O8P/c1-15-27-14-32(28-15)22-20-19(18(39-2)12-26-22)17(13-31(20)25-40-41(36,37)38)21(33)24(35)30-10-8-29(9-11-30)23(34)16-6-4-3-5-7-16/h3-7,12-14H,8-11H2,1-2H3,(H2,36,37,38)/q-1. The fraction of sp³-hybridized carbons (Fsp3) is 0.250. The van der Waals surface area contributed by atoms with Gasteiger partial charge in [-0.3, -0.25) is 0 Å². The Kier molecular flexibility index (Phi) is 8.19. The topological polar surface area (TPSA) is 182 Å². The van der Waals surface area contributed by atoms with Crippen molar-refractivity contribution in [3.05, 3.63) is 66.0 Å². The van der Waals surface area contributed by atoms with Crippen LogP contribution in [0, 0.1) is 6.92 Å². The zero-order valence-electron chi connectivity index (χ0n) is 21.7. The molecule has 15 nitrogen and oxygen atoms in total. The van der Waals surface area contributed by atoms with Crippen LogP contribution in [0.3, 0.4) is 0 Å². The van der Waals surface area contributed by atoms with Gasteiger partial charge < -0.3 is 0 Å². The maximum absolute atomic E-state index is 13.7. The Hall–Kier alpha value is -3.70. The van der Waals surface area contributed by atoms with Crippen molar-refractivity contribution in [1.82, 2.24) is 32.3 Å². The maximum atomic E-state index is 13.7. The first-order chi connectivity index (χ1) is 19.6. The van der Waals surface area contributed by atoms with E-state index in [9.17, 15) is 28.7 Å². The summed E-state index contributed by atoms with van der Waals surface area (Å²) in [6.07, 6.45) is 4.06. The molecule has 1 aliphatic rings. The number of fused-ring (bicyclic) bond motifs is 1. The Balaban J connectivity index is 1.47. The molecule has 0 spiro atoms. The second-order valence-corrected chi connectivity index (χ2v) is 12.6. The van der Waals surface area contributed by atoms with Crippen LogP contribution in [-0.4, -0.2) is 93.0 Å². The number of nitrogens with zero attached hydrogens (tertiary/aromatic N) is 7. The van der Waals surface area contributed by atoms with Crippen LogP contribution >= 0.6 is 7.82 Å². The molecule has 2 N–H and O–H groups in total. The number of methoxy groups -OCH3 is 1. The number of aryl methyl sites for hydroxylation is 1. The number of piperazine rings is 1. The number of carbonyl (C=O) groups excluding carboxylic acids is 3. The van der Waals surface area contributed by atoms with E-state index in [-0.39, 0.29) is 60.1 Å². The molecule has 0 bridgehead atoms. The summed E-state index contributed by atoms with van der Waals surface area (Å²) in [5.74, 6) is -1.02. The predicted molar refractivity (Wildman–Crippen MR) is 138 cm³/mol. The molecule has 1 fully saturated rings. The van der Waals surface area contributed by atoms with E-state index in [0.717, 1.165) is 0 Å². The second kappa shape index (κ2) is 11.7. The van der Waals surface area contributed by atoms with Crippen molar-refractivity contribution in [3.8, 4) is 11.6 Å². The molecule has 1 aliphatic heterocycles. The summed E-state index contributed by atoms with van der Waals surface area (Å²) in [7, 11) is -3.49. The molecule has 0 unspecified atom stereocenters. The van der Waals surface area contributed by atoms with Crippen molar-refractivity contribution in [2.45, 2.75) is 6.92 Å². The third-order valence-electron chi connectivity index (χ3n) is 6.28. The van der Waals surface area contributed by atoms with Crippen molar-refractivity contribution >= 4 is 36.3 Å². The van der Waals surface area contributed by atoms with Crippen LogP contribution in [0.4, 0.5) is 0 Å². The Morgan fingerprint density at radius 3 is 2.32 bits per heavy atom. The number of rotatable bonds is 8. The fourth-order valence-electron chi connectivity index (χ4n) is 4.38. The SMILES string of the molecule is COc1cnc(-n2cnc(C)n2)c2c1c(C(=O)C(=O)N1CCN(C(=O)c3ccccc3)CC1)cn2[I-]OP(=O)(O)O. The van der Waals surface area contributed by atoms with E-state index in [4.69, 9.17) is 7.59 Å². The van der Waals surface area contributed by atoms with Gasteiger partial charge in [0, 0.05) is 0 Å². The van der Waals surface area contributed by atoms with Crippen molar-refractivity contribution in [3.63, 3.8) is 0 Å². The third-order valence-corrected chi connectivity index (χ3v) is 9.77. The molecule has 0 aliphatic carbocycles. The van der Waals surface area contributed by atoms with Gasteiger partial charge in [-0.1, -0.05) is 18.2 Å². The van der Waals surface area contributed by atoms with Gasteiger partial charge in [-0.2, -0.15) is 0 Å². The Bertz CT molecular complexity index is 1680. The molecule has 216 valence electrons. The van der Waals surface area contributed by atoms with Crippen LogP contribution in [-0.2, 0) is 12.2 Å². The first kappa shape index (κ1) is 28.8. The number of hydrogen-bond donors (Lipinski definition) is 2. The summed E-state index contributed by atoms with van der Waals surface area (Å²) < 4.78 is 24.5. The Morgan fingerprint density at radius 1 is 1.02 bits per heavy atom. The molecular weight excluding hydrogens is 672 g/mol. The molecule has 5 rings (SSSR count). The van der Waals surface area contributed by atoms with Gasteiger partial charge in [0.1, 0.15) is 0 Å². The molecular formula is C24H24IN7O8P-. The van der Waals surface area contributed by atoms with Gasteiger partial charge in [0.05, 0.1) is 0 Å². The van der Waals surface area contributed by atoms with Crippen molar-refractivity contribution in [1.29, 1.82) is 0 Å². The molecule has 0 atom stereocenters. The average Bonchev–Trinajstić information content (AvgIpc) is 3.58. The monoisotopic (exact) mass is 696 g/mol. The average molecular weight is 696 g/mol. The summed E-state index contributed by atoms with van der Waals surface area (Å²) in [5.41, 5.74) is 0.708. The number of benzene rings is 1. The Labute approximate surface area is 244 Å². The van der Waals surface area contributed by atoms with E-state index in [1.165, 1.54) is 38.2 Å². The Morgan fingerprint density at radius 2 is 1.71 bits per heavy atom. The summed E-state index contributed by atoms with van der Waals surface area (Å²) in [6, 6.07) is 8.80. The fourth-order valence-corrected chi connectivity index (χ4v) is 6.83. The van der Waals surface area contributed by atoms with E-state index >= 15 is 0 Å². The molecule has 17 heteroatoms. The first-order valence-corrected chi connectivity index (χ1v) is 15.5. The van der Waals surface area contributed by atoms with Crippen LogP contribution in [0.1, 0.15) is 26.5 Å². The molecule has 0 radical (unpaired) electrons. The van der Waals surface area contributed by atoms with Gasteiger partial charge in [-0.15, -0.1) is 0 Å². The van der Waals surface area contributed by atoms with Crippen molar-refractivity contribution in [2.75, 3.05) is 33.3 Å². The van der Waals surface area contributed by atoms with Gasteiger partial charge in [0.15, 0.2) is 0 Å². The summed E-state index contributed by atoms with van der Waals surface area (Å²) in [4.78, 5) is 70.0. The molecule has 41 heavy (non-hydrogen) atoms. The second-order valence-electron chi connectivity index (χ2n) is 8.87. The van der Waals surface area contributed by atoms with Gasteiger partial charge in [-0.05, 0) is 0 Å². The molecule has 2 amide bonds. The normalized spacial score (nSPS) is 14.0. The number of halogens is 1.